The van der Waals surface area contributed by atoms with Crippen molar-refractivity contribution in [3.63, 3.8) is 0 Å². The van der Waals surface area contributed by atoms with Gasteiger partial charge in [-0.15, -0.1) is 0 Å². The van der Waals surface area contributed by atoms with Gasteiger partial charge in [0.1, 0.15) is 24.6 Å². The maximum absolute atomic E-state index is 13.5. The molecule has 216 valence electrons. The summed E-state index contributed by atoms with van der Waals surface area (Å²) in [5, 5.41) is 0. The van der Waals surface area contributed by atoms with Crippen LogP contribution in [0.1, 0.15) is 56.7 Å². The standard InChI is InChI=1S/C34H39NO6/c1-34(2,3)41-33(38)35-20-10-15-30(35)31(36)22-28(32(37)40-24-27-13-8-5-9-14-27)21-25-16-18-29(19-17-25)39-23-26-11-6-4-7-12-26/h4-9,11-14,16-19,28,30H,10,15,20-24H2,1-3H3/t28-,30+/m1/s1. The summed E-state index contributed by atoms with van der Waals surface area (Å²) in [4.78, 5) is 41.1. The molecular formula is C34H39NO6. The van der Waals surface area contributed by atoms with Crippen LogP contribution in [-0.2, 0) is 38.7 Å². The minimum atomic E-state index is -0.691. The second kappa shape index (κ2) is 14.0. The largest absolute Gasteiger partial charge is 0.489 e. The van der Waals surface area contributed by atoms with E-state index in [9.17, 15) is 14.4 Å². The molecule has 1 fully saturated rings. The molecule has 1 heterocycles. The van der Waals surface area contributed by atoms with Gasteiger partial charge >= 0.3 is 12.1 Å². The number of amides is 1. The number of hydrogen-bond acceptors (Lipinski definition) is 6. The molecule has 0 unspecified atom stereocenters. The average Bonchev–Trinajstić information content (AvgIpc) is 3.46. The molecule has 3 aromatic rings. The number of ketones is 1. The third kappa shape index (κ3) is 9.20. The molecule has 0 saturated carbocycles. The van der Waals surface area contributed by atoms with Crippen molar-refractivity contribution in [2.75, 3.05) is 6.54 Å². The van der Waals surface area contributed by atoms with Gasteiger partial charge in [-0.3, -0.25) is 14.5 Å². The smallest absolute Gasteiger partial charge is 0.410 e. The van der Waals surface area contributed by atoms with Crippen molar-refractivity contribution in [1.29, 1.82) is 0 Å². The zero-order valence-electron chi connectivity index (χ0n) is 24.1. The third-order valence-corrected chi connectivity index (χ3v) is 6.91. The number of ether oxygens (including phenoxy) is 3. The lowest BCUT2D eigenvalue weighted by Gasteiger charge is -2.28. The molecule has 7 nitrogen and oxygen atoms in total. The van der Waals surface area contributed by atoms with Crippen LogP contribution >= 0.6 is 0 Å². The Balaban J connectivity index is 1.43. The number of esters is 1. The summed E-state index contributed by atoms with van der Waals surface area (Å²) in [7, 11) is 0. The van der Waals surface area contributed by atoms with E-state index in [0.717, 1.165) is 22.4 Å². The highest BCUT2D eigenvalue weighted by atomic mass is 16.6. The van der Waals surface area contributed by atoms with Crippen molar-refractivity contribution < 1.29 is 28.6 Å². The highest BCUT2D eigenvalue weighted by Gasteiger charge is 2.38. The van der Waals surface area contributed by atoms with Crippen LogP contribution in [0.3, 0.4) is 0 Å². The Hall–Kier alpha value is -4.13. The molecule has 4 rings (SSSR count). The first-order valence-corrected chi connectivity index (χ1v) is 14.2. The number of hydrogen-bond donors (Lipinski definition) is 0. The molecule has 0 aromatic heterocycles. The first kappa shape index (κ1) is 29.8. The summed E-state index contributed by atoms with van der Waals surface area (Å²) >= 11 is 0. The average molecular weight is 558 g/mol. The lowest BCUT2D eigenvalue weighted by atomic mass is 9.91. The first-order valence-electron chi connectivity index (χ1n) is 14.2. The summed E-state index contributed by atoms with van der Waals surface area (Å²) in [6, 6.07) is 26.3. The third-order valence-electron chi connectivity index (χ3n) is 6.91. The van der Waals surface area contributed by atoms with Gasteiger partial charge in [-0.2, -0.15) is 0 Å². The summed E-state index contributed by atoms with van der Waals surface area (Å²) in [5.41, 5.74) is 2.18. The molecule has 41 heavy (non-hydrogen) atoms. The van der Waals surface area contributed by atoms with E-state index in [2.05, 4.69) is 0 Å². The van der Waals surface area contributed by atoms with Crippen molar-refractivity contribution >= 4 is 17.8 Å². The van der Waals surface area contributed by atoms with E-state index < -0.39 is 29.6 Å². The maximum atomic E-state index is 13.5. The molecule has 0 radical (unpaired) electrons. The van der Waals surface area contributed by atoms with E-state index >= 15 is 0 Å². The van der Waals surface area contributed by atoms with Crippen LogP contribution in [0.25, 0.3) is 0 Å². The summed E-state index contributed by atoms with van der Waals surface area (Å²) in [5.74, 6) is -0.564. The van der Waals surface area contributed by atoms with Crippen LogP contribution in [0.2, 0.25) is 0 Å². The van der Waals surface area contributed by atoms with Crippen molar-refractivity contribution in [1.82, 2.24) is 4.90 Å². The van der Waals surface area contributed by atoms with Crippen LogP contribution in [0.4, 0.5) is 4.79 Å². The number of benzene rings is 3. The van der Waals surface area contributed by atoms with Gasteiger partial charge in [0.2, 0.25) is 0 Å². The number of nitrogens with zero attached hydrogens (tertiary/aromatic N) is 1. The SMILES string of the molecule is CC(C)(C)OC(=O)N1CCC[C@H]1C(=O)C[C@@H](Cc1ccc(OCc2ccccc2)cc1)C(=O)OCc1ccccc1. The Morgan fingerprint density at radius 3 is 2.05 bits per heavy atom. The molecule has 0 N–H and O–H groups in total. The van der Waals surface area contributed by atoms with Gasteiger partial charge in [-0.25, -0.2) is 4.79 Å². The van der Waals surface area contributed by atoms with Gasteiger partial charge in [0, 0.05) is 13.0 Å². The van der Waals surface area contributed by atoms with E-state index in [0.29, 0.717) is 32.4 Å². The fraction of sp³-hybridized carbons (Fsp3) is 0.382. The normalized spacial score (nSPS) is 15.7. The van der Waals surface area contributed by atoms with Crippen molar-refractivity contribution in [2.45, 2.75) is 71.3 Å². The molecule has 7 heteroatoms. The van der Waals surface area contributed by atoms with E-state index in [1.165, 1.54) is 4.90 Å². The number of Topliss-reactive ketones (excluding diaryl/α,β-unsaturated/α-hetero) is 1. The lowest BCUT2D eigenvalue weighted by molar-refractivity contribution is -0.151. The van der Waals surface area contributed by atoms with Crippen molar-refractivity contribution in [3.05, 3.63) is 102 Å². The Morgan fingerprint density at radius 1 is 0.829 bits per heavy atom. The Morgan fingerprint density at radius 2 is 1.44 bits per heavy atom. The molecule has 3 aromatic carbocycles. The number of carbonyl (C=O) groups is 3. The molecule has 1 amide bonds. The summed E-state index contributed by atoms with van der Waals surface area (Å²) < 4.78 is 17.1. The fourth-order valence-electron chi connectivity index (χ4n) is 4.85. The highest BCUT2D eigenvalue weighted by molar-refractivity contribution is 5.91. The zero-order chi connectivity index (χ0) is 29.2. The lowest BCUT2D eigenvalue weighted by Crippen LogP contribution is -2.44. The molecule has 0 aliphatic carbocycles. The molecule has 1 aliphatic heterocycles. The molecule has 2 atom stereocenters. The highest BCUT2D eigenvalue weighted by Crippen LogP contribution is 2.26. The van der Waals surface area contributed by atoms with Gasteiger partial charge in [0.15, 0.2) is 5.78 Å². The van der Waals surface area contributed by atoms with Crippen LogP contribution in [-0.4, -0.2) is 40.9 Å². The number of likely N-dealkylation sites (tertiary alicyclic amines) is 1. The van der Waals surface area contributed by atoms with Crippen LogP contribution in [0.15, 0.2) is 84.9 Å². The van der Waals surface area contributed by atoms with Crippen LogP contribution < -0.4 is 4.74 Å². The number of rotatable bonds is 11. The Kier molecular flexibility index (Phi) is 10.2. The summed E-state index contributed by atoms with van der Waals surface area (Å²) in [6.07, 6.45) is 1.07. The molecule has 0 spiro atoms. The number of carbonyl (C=O) groups excluding carboxylic acids is 3. The minimum Gasteiger partial charge on any atom is -0.489 e. The van der Waals surface area contributed by atoms with Crippen LogP contribution in [0, 0.1) is 5.92 Å². The van der Waals surface area contributed by atoms with Crippen molar-refractivity contribution in [2.24, 2.45) is 5.92 Å². The molecule has 1 aliphatic rings. The van der Waals surface area contributed by atoms with Gasteiger partial charge in [-0.05, 0) is 68.9 Å². The second-order valence-electron chi connectivity index (χ2n) is 11.4. The topological polar surface area (TPSA) is 82.1 Å². The fourth-order valence-corrected chi connectivity index (χ4v) is 4.85. The van der Waals surface area contributed by atoms with E-state index in [-0.39, 0.29) is 18.8 Å². The van der Waals surface area contributed by atoms with Gasteiger partial charge in [0.25, 0.3) is 0 Å². The van der Waals surface area contributed by atoms with E-state index in [1.807, 2.05) is 84.9 Å². The molecule has 0 bridgehead atoms. The van der Waals surface area contributed by atoms with Gasteiger partial charge in [-0.1, -0.05) is 72.8 Å². The zero-order valence-corrected chi connectivity index (χ0v) is 24.1. The summed E-state index contributed by atoms with van der Waals surface area (Å²) in [6.45, 7) is 6.44. The maximum Gasteiger partial charge on any atom is 0.410 e. The van der Waals surface area contributed by atoms with Crippen molar-refractivity contribution in [3.8, 4) is 5.75 Å². The predicted molar refractivity (Wildman–Crippen MR) is 156 cm³/mol. The van der Waals surface area contributed by atoms with E-state index in [1.54, 1.807) is 20.8 Å². The molecular weight excluding hydrogens is 518 g/mol. The van der Waals surface area contributed by atoms with E-state index in [4.69, 9.17) is 14.2 Å². The van der Waals surface area contributed by atoms with Crippen LogP contribution in [0.5, 0.6) is 5.75 Å². The quantitative estimate of drug-likeness (QED) is 0.250. The monoisotopic (exact) mass is 557 g/mol. The molecule has 1 saturated heterocycles. The Labute approximate surface area is 242 Å². The van der Waals surface area contributed by atoms with Gasteiger partial charge in [0.05, 0.1) is 12.0 Å². The first-order chi connectivity index (χ1) is 19.7. The predicted octanol–water partition coefficient (Wildman–Crippen LogP) is 6.53. The van der Waals surface area contributed by atoms with Gasteiger partial charge < -0.3 is 14.2 Å². The minimum absolute atomic E-state index is 0.0240. The second-order valence-corrected chi connectivity index (χ2v) is 11.4. The Bertz CT molecular complexity index is 1280.